The summed E-state index contributed by atoms with van der Waals surface area (Å²) in [5, 5.41) is 4.64. The Morgan fingerprint density at radius 3 is 2.30 bits per heavy atom. The second-order valence-corrected chi connectivity index (χ2v) is 8.93. The van der Waals surface area contributed by atoms with E-state index in [1.54, 1.807) is 0 Å². The first kappa shape index (κ1) is 19.7. The summed E-state index contributed by atoms with van der Waals surface area (Å²) in [5.74, 6) is 0. The first-order valence-electron chi connectivity index (χ1n) is 11.3. The molecule has 160 valence electrons. The standard InChI is InChI=1S/C30H25N2O/c1-18-9-12-21(13-10-18)22-15-16-32(4)26(17-22)27-20(3)23-7-5-6-8-24(23)28-25-14-11-19(2)31-30(25)33-29(27)28/h5-17H,1-4H3/q+1. The summed E-state index contributed by atoms with van der Waals surface area (Å²) in [5.41, 5.74) is 9.66. The fraction of sp³-hybridized carbons (Fsp3) is 0.133. The van der Waals surface area contributed by atoms with Crippen molar-refractivity contribution in [3.63, 3.8) is 0 Å². The van der Waals surface area contributed by atoms with Crippen LogP contribution in [0.1, 0.15) is 16.8 Å². The Kier molecular flexibility index (Phi) is 4.34. The van der Waals surface area contributed by atoms with E-state index in [1.165, 1.54) is 33.0 Å². The highest BCUT2D eigenvalue weighted by atomic mass is 16.3. The maximum atomic E-state index is 6.50. The molecule has 3 aromatic heterocycles. The third-order valence-corrected chi connectivity index (χ3v) is 6.69. The average molecular weight is 430 g/mol. The molecular weight excluding hydrogens is 404 g/mol. The van der Waals surface area contributed by atoms with Gasteiger partial charge in [-0.3, -0.25) is 0 Å². The molecule has 3 heteroatoms. The lowest BCUT2D eigenvalue weighted by molar-refractivity contribution is -0.660. The number of furan rings is 1. The van der Waals surface area contributed by atoms with Gasteiger partial charge in [0.2, 0.25) is 11.4 Å². The van der Waals surface area contributed by atoms with Crippen LogP contribution in [0.5, 0.6) is 0 Å². The Hall–Kier alpha value is -3.98. The number of hydrogen-bond donors (Lipinski definition) is 0. The van der Waals surface area contributed by atoms with E-state index in [2.05, 4.69) is 104 Å². The van der Waals surface area contributed by atoms with Gasteiger partial charge in [0.25, 0.3) is 0 Å². The fourth-order valence-corrected chi connectivity index (χ4v) is 4.90. The first-order chi connectivity index (χ1) is 16.0. The van der Waals surface area contributed by atoms with Gasteiger partial charge in [0.1, 0.15) is 7.05 Å². The molecule has 3 heterocycles. The number of rotatable bonds is 2. The zero-order chi connectivity index (χ0) is 22.7. The second-order valence-electron chi connectivity index (χ2n) is 8.93. The molecule has 0 fully saturated rings. The van der Waals surface area contributed by atoms with Crippen LogP contribution in [-0.2, 0) is 7.05 Å². The fourth-order valence-electron chi connectivity index (χ4n) is 4.90. The zero-order valence-corrected chi connectivity index (χ0v) is 19.3. The van der Waals surface area contributed by atoms with E-state index in [1.807, 2.05) is 6.92 Å². The predicted octanol–water partition coefficient (Wildman–Crippen LogP) is 7.22. The van der Waals surface area contributed by atoms with E-state index in [0.717, 1.165) is 33.3 Å². The van der Waals surface area contributed by atoms with Gasteiger partial charge in [-0.25, -0.2) is 9.55 Å². The van der Waals surface area contributed by atoms with Crippen molar-refractivity contribution in [1.82, 2.24) is 4.98 Å². The molecule has 0 N–H and O–H groups in total. The topological polar surface area (TPSA) is 29.9 Å². The van der Waals surface area contributed by atoms with E-state index in [-0.39, 0.29) is 0 Å². The van der Waals surface area contributed by atoms with Gasteiger partial charge in [0.05, 0.1) is 5.56 Å². The molecule has 0 aliphatic heterocycles. The van der Waals surface area contributed by atoms with Crippen molar-refractivity contribution in [2.75, 3.05) is 0 Å². The minimum Gasteiger partial charge on any atom is -0.437 e. The summed E-state index contributed by atoms with van der Waals surface area (Å²) in [6.07, 6.45) is 2.13. The van der Waals surface area contributed by atoms with E-state index in [9.17, 15) is 0 Å². The lowest BCUT2D eigenvalue weighted by Crippen LogP contribution is -2.30. The second kappa shape index (κ2) is 7.28. The molecule has 0 bridgehead atoms. The van der Waals surface area contributed by atoms with E-state index < -0.39 is 0 Å². The van der Waals surface area contributed by atoms with Gasteiger partial charge in [-0.15, -0.1) is 0 Å². The molecule has 0 spiro atoms. The van der Waals surface area contributed by atoms with Gasteiger partial charge < -0.3 is 4.42 Å². The van der Waals surface area contributed by atoms with Crippen molar-refractivity contribution in [3.05, 3.63) is 95.8 Å². The highest BCUT2D eigenvalue weighted by molar-refractivity contribution is 6.23. The minimum atomic E-state index is 0.694. The van der Waals surface area contributed by atoms with Gasteiger partial charge in [0.15, 0.2) is 11.8 Å². The van der Waals surface area contributed by atoms with Crippen LogP contribution in [0.15, 0.2) is 83.4 Å². The van der Waals surface area contributed by atoms with Crippen LogP contribution < -0.4 is 4.57 Å². The SMILES string of the molecule is Cc1ccc(-c2cc[n+](C)c(-c3c(C)c4ccccc4c4c3oc3nc(C)ccc34)c2)cc1. The van der Waals surface area contributed by atoms with Gasteiger partial charge in [-0.1, -0.05) is 54.1 Å². The van der Waals surface area contributed by atoms with Crippen molar-refractivity contribution in [3.8, 4) is 22.4 Å². The van der Waals surface area contributed by atoms with Gasteiger partial charge in [-0.05, 0) is 60.4 Å². The molecule has 0 atom stereocenters. The monoisotopic (exact) mass is 429 g/mol. The molecule has 0 unspecified atom stereocenters. The summed E-state index contributed by atoms with van der Waals surface area (Å²) in [4.78, 5) is 4.71. The molecule has 0 saturated carbocycles. The van der Waals surface area contributed by atoms with E-state index in [0.29, 0.717) is 5.71 Å². The number of fused-ring (bicyclic) bond motifs is 5. The highest BCUT2D eigenvalue weighted by Gasteiger charge is 2.24. The summed E-state index contributed by atoms with van der Waals surface area (Å²) in [7, 11) is 2.10. The Morgan fingerprint density at radius 2 is 1.52 bits per heavy atom. The molecule has 0 radical (unpaired) electrons. The van der Waals surface area contributed by atoms with Crippen molar-refractivity contribution in [2.24, 2.45) is 7.05 Å². The number of pyridine rings is 2. The number of hydrogen-bond acceptors (Lipinski definition) is 2. The maximum absolute atomic E-state index is 6.50. The van der Waals surface area contributed by atoms with Crippen LogP contribution in [-0.4, -0.2) is 4.98 Å². The van der Waals surface area contributed by atoms with Crippen LogP contribution in [0.3, 0.4) is 0 Å². The normalized spacial score (nSPS) is 11.6. The Bertz CT molecular complexity index is 1690. The van der Waals surface area contributed by atoms with Crippen LogP contribution >= 0.6 is 0 Å². The number of aromatic nitrogens is 2. The molecule has 6 rings (SSSR count). The maximum Gasteiger partial charge on any atom is 0.227 e. The smallest absolute Gasteiger partial charge is 0.227 e. The van der Waals surface area contributed by atoms with Crippen LogP contribution in [0.25, 0.3) is 55.2 Å². The van der Waals surface area contributed by atoms with Crippen molar-refractivity contribution in [1.29, 1.82) is 0 Å². The first-order valence-corrected chi connectivity index (χ1v) is 11.3. The van der Waals surface area contributed by atoms with Crippen LogP contribution in [0.2, 0.25) is 0 Å². The highest BCUT2D eigenvalue weighted by Crippen LogP contribution is 2.42. The number of nitrogens with zero attached hydrogens (tertiary/aromatic N) is 2. The summed E-state index contributed by atoms with van der Waals surface area (Å²) >= 11 is 0. The van der Waals surface area contributed by atoms with E-state index in [4.69, 9.17) is 9.40 Å². The summed E-state index contributed by atoms with van der Waals surface area (Å²) in [6.45, 7) is 6.32. The third-order valence-electron chi connectivity index (χ3n) is 6.69. The van der Waals surface area contributed by atoms with Gasteiger partial charge in [0, 0.05) is 28.6 Å². The molecule has 0 amide bonds. The predicted molar refractivity (Wildman–Crippen MR) is 135 cm³/mol. The van der Waals surface area contributed by atoms with Crippen molar-refractivity contribution >= 4 is 32.8 Å². The summed E-state index contributed by atoms with van der Waals surface area (Å²) < 4.78 is 8.68. The quantitative estimate of drug-likeness (QED) is 0.272. The minimum absolute atomic E-state index is 0.694. The van der Waals surface area contributed by atoms with E-state index >= 15 is 0 Å². The number of benzene rings is 3. The third kappa shape index (κ3) is 3.04. The number of aryl methyl sites for hydroxylation is 4. The van der Waals surface area contributed by atoms with Gasteiger partial charge in [-0.2, -0.15) is 0 Å². The molecule has 3 aromatic carbocycles. The molecule has 6 aromatic rings. The Labute approximate surface area is 192 Å². The lowest BCUT2D eigenvalue weighted by Gasteiger charge is -2.11. The molecule has 33 heavy (non-hydrogen) atoms. The average Bonchev–Trinajstić information content (AvgIpc) is 3.19. The molecule has 0 aliphatic rings. The van der Waals surface area contributed by atoms with Crippen LogP contribution in [0, 0.1) is 20.8 Å². The van der Waals surface area contributed by atoms with Gasteiger partial charge >= 0.3 is 0 Å². The van der Waals surface area contributed by atoms with Crippen LogP contribution in [0.4, 0.5) is 0 Å². The Balaban J connectivity index is 1.74. The largest absolute Gasteiger partial charge is 0.437 e. The zero-order valence-electron chi connectivity index (χ0n) is 19.3. The summed E-state index contributed by atoms with van der Waals surface area (Å²) in [6, 6.07) is 25.9. The van der Waals surface area contributed by atoms with Crippen molar-refractivity contribution < 1.29 is 8.98 Å². The van der Waals surface area contributed by atoms with Crippen molar-refractivity contribution in [2.45, 2.75) is 20.8 Å². The molecule has 3 nitrogen and oxygen atoms in total. The molecule has 0 aliphatic carbocycles. The molecule has 0 saturated heterocycles. The Morgan fingerprint density at radius 1 is 0.758 bits per heavy atom. The molecular formula is C30H25N2O+. The lowest BCUT2D eigenvalue weighted by atomic mass is 9.92.